The van der Waals surface area contributed by atoms with E-state index in [9.17, 15) is 9.59 Å². The van der Waals surface area contributed by atoms with E-state index in [1.54, 1.807) is 7.11 Å². The summed E-state index contributed by atoms with van der Waals surface area (Å²) in [6.45, 7) is 6.59. The molecule has 0 fully saturated rings. The molecule has 3 aromatic rings. The van der Waals surface area contributed by atoms with Crippen LogP contribution in [0.2, 0.25) is 0 Å². The smallest absolute Gasteiger partial charge is 0.232 e. The van der Waals surface area contributed by atoms with Gasteiger partial charge in [-0.05, 0) is 67.6 Å². The summed E-state index contributed by atoms with van der Waals surface area (Å²) in [6, 6.07) is 9.76. The van der Waals surface area contributed by atoms with E-state index in [1.165, 1.54) is 5.56 Å². The highest BCUT2D eigenvalue weighted by Crippen LogP contribution is 2.36. The Hall–Kier alpha value is -3.28. The molecule has 4 rings (SSSR count). The first-order chi connectivity index (χ1) is 14.4. The third-order valence-electron chi connectivity index (χ3n) is 5.99. The Morgan fingerprint density at radius 2 is 1.90 bits per heavy atom. The number of amides is 2. The highest BCUT2D eigenvalue weighted by Gasteiger charge is 2.30. The van der Waals surface area contributed by atoms with E-state index < -0.39 is 0 Å². The molecule has 3 N–H and O–H groups in total. The molecule has 2 heterocycles. The molecule has 0 bridgehead atoms. The van der Waals surface area contributed by atoms with Crippen LogP contribution in [-0.4, -0.2) is 30.5 Å². The summed E-state index contributed by atoms with van der Waals surface area (Å²) < 4.78 is 5.28. The van der Waals surface area contributed by atoms with Crippen LogP contribution in [0.15, 0.2) is 30.3 Å². The Morgan fingerprint density at radius 3 is 2.67 bits per heavy atom. The zero-order chi connectivity index (χ0) is 21.4. The van der Waals surface area contributed by atoms with E-state index in [2.05, 4.69) is 41.6 Å². The molecule has 30 heavy (non-hydrogen) atoms. The van der Waals surface area contributed by atoms with Crippen molar-refractivity contribution >= 4 is 28.4 Å². The minimum Gasteiger partial charge on any atom is -0.497 e. The second-order valence-corrected chi connectivity index (χ2v) is 7.99. The van der Waals surface area contributed by atoms with Crippen molar-refractivity contribution in [2.24, 2.45) is 0 Å². The van der Waals surface area contributed by atoms with Crippen molar-refractivity contribution < 1.29 is 14.3 Å². The number of anilines is 1. The number of aromatic nitrogens is 1. The number of aryl methyl sites for hydroxylation is 3. The van der Waals surface area contributed by atoms with Crippen molar-refractivity contribution in [3.8, 4) is 5.75 Å². The molecule has 1 aromatic heterocycles. The maximum absolute atomic E-state index is 12.7. The van der Waals surface area contributed by atoms with Gasteiger partial charge in [0.05, 0.1) is 19.4 Å². The van der Waals surface area contributed by atoms with Gasteiger partial charge in [0, 0.05) is 28.8 Å². The molecule has 6 heteroatoms. The van der Waals surface area contributed by atoms with Gasteiger partial charge in [-0.3, -0.25) is 9.59 Å². The predicted octanol–water partition coefficient (Wildman–Crippen LogP) is 3.89. The molecular formula is C24H27N3O3. The van der Waals surface area contributed by atoms with Crippen LogP contribution in [0.3, 0.4) is 0 Å². The van der Waals surface area contributed by atoms with Gasteiger partial charge in [-0.1, -0.05) is 12.1 Å². The SMILES string of the molecule is COc1ccc2c(c1)[C@@H](CCNC(=O)Cc1c(C)[nH]c3c(C)ccc(C)c13)C(=O)N2. The Labute approximate surface area is 176 Å². The van der Waals surface area contributed by atoms with Crippen molar-refractivity contribution in [1.29, 1.82) is 0 Å². The topological polar surface area (TPSA) is 83.2 Å². The summed E-state index contributed by atoms with van der Waals surface area (Å²) in [4.78, 5) is 28.4. The predicted molar refractivity (Wildman–Crippen MR) is 118 cm³/mol. The molecule has 0 spiro atoms. The number of methoxy groups -OCH3 is 1. The van der Waals surface area contributed by atoms with E-state index in [0.29, 0.717) is 19.4 Å². The normalized spacial score (nSPS) is 15.2. The number of hydrogen-bond donors (Lipinski definition) is 3. The number of fused-ring (bicyclic) bond motifs is 2. The van der Waals surface area contributed by atoms with E-state index in [-0.39, 0.29) is 17.7 Å². The molecule has 0 aliphatic carbocycles. The van der Waals surface area contributed by atoms with E-state index >= 15 is 0 Å². The van der Waals surface area contributed by atoms with Crippen molar-refractivity contribution in [1.82, 2.24) is 10.3 Å². The van der Waals surface area contributed by atoms with E-state index in [1.807, 2.05) is 25.1 Å². The fourth-order valence-corrected chi connectivity index (χ4v) is 4.33. The standard InChI is InChI=1S/C24H27N3O3/c1-13-5-6-14(2)23-22(13)18(15(3)26-23)12-21(28)25-10-9-17-19-11-16(30-4)7-8-20(19)27-24(17)29/h5-8,11,17,26H,9-10,12H2,1-4H3,(H,25,28)(H,27,29)/t17-/m1/s1. The summed E-state index contributed by atoms with van der Waals surface area (Å²) >= 11 is 0. The van der Waals surface area contributed by atoms with E-state index in [0.717, 1.165) is 44.7 Å². The molecule has 1 aliphatic rings. The average molecular weight is 405 g/mol. The van der Waals surface area contributed by atoms with Gasteiger partial charge in [0.15, 0.2) is 0 Å². The number of nitrogens with one attached hydrogen (secondary N) is 3. The van der Waals surface area contributed by atoms with Crippen LogP contribution in [-0.2, 0) is 16.0 Å². The number of carbonyl (C=O) groups is 2. The van der Waals surface area contributed by atoms with Gasteiger partial charge >= 0.3 is 0 Å². The third-order valence-corrected chi connectivity index (χ3v) is 5.99. The Balaban J connectivity index is 1.43. The lowest BCUT2D eigenvalue weighted by atomic mass is 9.97. The van der Waals surface area contributed by atoms with Gasteiger partial charge in [-0.15, -0.1) is 0 Å². The summed E-state index contributed by atoms with van der Waals surface area (Å²) in [5.41, 5.74) is 7.24. The lowest BCUT2D eigenvalue weighted by molar-refractivity contribution is -0.121. The van der Waals surface area contributed by atoms with Crippen LogP contribution in [0.4, 0.5) is 5.69 Å². The molecule has 156 valence electrons. The Morgan fingerprint density at radius 1 is 1.13 bits per heavy atom. The first kappa shape index (κ1) is 20.0. The first-order valence-electron chi connectivity index (χ1n) is 10.2. The van der Waals surface area contributed by atoms with Crippen molar-refractivity contribution in [2.75, 3.05) is 19.0 Å². The second-order valence-electron chi connectivity index (χ2n) is 7.99. The third kappa shape index (κ3) is 3.54. The molecule has 2 aromatic carbocycles. The van der Waals surface area contributed by atoms with Gasteiger partial charge in [-0.2, -0.15) is 0 Å². The number of H-pyrrole nitrogens is 1. The van der Waals surface area contributed by atoms with Gasteiger partial charge < -0.3 is 20.4 Å². The number of hydrogen-bond acceptors (Lipinski definition) is 3. The second kappa shape index (κ2) is 7.86. The Bertz CT molecular complexity index is 1150. The van der Waals surface area contributed by atoms with E-state index in [4.69, 9.17) is 4.74 Å². The molecule has 2 amide bonds. The van der Waals surface area contributed by atoms with Gasteiger partial charge in [-0.25, -0.2) is 0 Å². The van der Waals surface area contributed by atoms with Crippen LogP contribution in [0.25, 0.3) is 10.9 Å². The van der Waals surface area contributed by atoms with Crippen molar-refractivity contribution in [2.45, 2.75) is 39.5 Å². The molecule has 0 saturated carbocycles. The summed E-state index contributed by atoms with van der Waals surface area (Å²) in [5.74, 6) is 0.366. The highest BCUT2D eigenvalue weighted by atomic mass is 16.5. The number of benzene rings is 2. The van der Waals surface area contributed by atoms with Crippen LogP contribution >= 0.6 is 0 Å². The lowest BCUT2D eigenvalue weighted by Crippen LogP contribution is -2.28. The molecule has 6 nitrogen and oxygen atoms in total. The largest absolute Gasteiger partial charge is 0.497 e. The number of ether oxygens (including phenoxy) is 1. The zero-order valence-electron chi connectivity index (χ0n) is 17.8. The van der Waals surface area contributed by atoms with Crippen LogP contribution in [0.5, 0.6) is 5.75 Å². The summed E-state index contributed by atoms with van der Waals surface area (Å²) in [7, 11) is 1.61. The first-order valence-corrected chi connectivity index (χ1v) is 10.2. The number of rotatable bonds is 6. The molecule has 0 unspecified atom stereocenters. The fraction of sp³-hybridized carbons (Fsp3) is 0.333. The van der Waals surface area contributed by atoms with Crippen molar-refractivity contribution in [3.63, 3.8) is 0 Å². The molecular weight excluding hydrogens is 378 g/mol. The average Bonchev–Trinajstić information content (AvgIpc) is 3.22. The van der Waals surface area contributed by atoms with Crippen LogP contribution < -0.4 is 15.4 Å². The highest BCUT2D eigenvalue weighted by molar-refractivity contribution is 6.03. The number of carbonyl (C=O) groups excluding carboxylic acids is 2. The molecule has 1 aliphatic heterocycles. The molecule has 0 saturated heterocycles. The van der Waals surface area contributed by atoms with Gasteiger partial charge in [0.25, 0.3) is 0 Å². The number of aromatic amines is 1. The Kier molecular flexibility index (Phi) is 5.24. The van der Waals surface area contributed by atoms with Crippen LogP contribution in [0.1, 0.15) is 40.3 Å². The van der Waals surface area contributed by atoms with Gasteiger partial charge in [0.1, 0.15) is 5.75 Å². The summed E-state index contributed by atoms with van der Waals surface area (Å²) in [5, 5.41) is 7.03. The minimum atomic E-state index is -0.282. The zero-order valence-corrected chi connectivity index (χ0v) is 17.8. The quantitative estimate of drug-likeness (QED) is 0.582. The van der Waals surface area contributed by atoms with Crippen molar-refractivity contribution in [3.05, 3.63) is 58.3 Å². The fourth-order valence-electron chi connectivity index (χ4n) is 4.33. The molecule has 0 radical (unpaired) electrons. The van der Waals surface area contributed by atoms with Crippen LogP contribution in [0, 0.1) is 20.8 Å². The monoisotopic (exact) mass is 405 g/mol. The molecule has 1 atom stereocenters. The summed E-state index contributed by atoms with van der Waals surface area (Å²) in [6.07, 6.45) is 0.861. The van der Waals surface area contributed by atoms with Gasteiger partial charge in [0.2, 0.25) is 11.8 Å². The maximum atomic E-state index is 12.7. The minimum absolute atomic E-state index is 0.0360. The maximum Gasteiger partial charge on any atom is 0.232 e. The lowest BCUT2D eigenvalue weighted by Gasteiger charge is -2.11.